The molecule has 0 saturated carbocycles. The highest BCUT2D eigenvalue weighted by atomic mass is 16.5. The molecule has 0 spiro atoms. The van der Waals surface area contributed by atoms with Crippen LogP contribution in [0.25, 0.3) is 5.57 Å². The standard InChI is InChI=1S/C26H30N6O2/c1-5-22(11-19-10-20(15-27-14-19)21-16-30-31(2)17-21)32(18-26-28-8-9-29-26)23-12-24(33-3)6-7-25(13-23)34-4/h5-6,8-13,15-17H,7,14,18H2,1-4H3,(H,28,29)/b19-11-,22-5+. The topological polar surface area (TPSA) is 80.6 Å². The van der Waals surface area contributed by atoms with Gasteiger partial charge in [-0.05, 0) is 36.8 Å². The molecule has 0 radical (unpaired) electrons. The van der Waals surface area contributed by atoms with Gasteiger partial charge in [0, 0.05) is 66.9 Å². The van der Waals surface area contributed by atoms with Crippen molar-refractivity contribution in [2.24, 2.45) is 12.0 Å². The minimum absolute atomic E-state index is 0.551. The van der Waals surface area contributed by atoms with Crippen molar-refractivity contribution in [3.05, 3.63) is 101 Å². The maximum Gasteiger partial charge on any atom is 0.126 e. The van der Waals surface area contributed by atoms with Crippen molar-refractivity contribution in [1.29, 1.82) is 0 Å². The highest BCUT2D eigenvalue weighted by molar-refractivity contribution is 6.11. The summed E-state index contributed by atoms with van der Waals surface area (Å²) in [5, 5.41) is 4.29. The Morgan fingerprint density at radius 1 is 1.24 bits per heavy atom. The van der Waals surface area contributed by atoms with Crippen LogP contribution in [-0.4, -0.2) is 51.6 Å². The van der Waals surface area contributed by atoms with Crippen molar-refractivity contribution in [3.63, 3.8) is 0 Å². The number of nitrogens with zero attached hydrogens (tertiary/aromatic N) is 5. The molecule has 4 rings (SSSR count). The monoisotopic (exact) mass is 458 g/mol. The van der Waals surface area contributed by atoms with Crippen LogP contribution in [0.4, 0.5) is 0 Å². The van der Waals surface area contributed by atoms with Crippen molar-refractivity contribution < 1.29 is 9.47 Å². The lowest BCUT2D eigenvalue weighted by Crippen LogP contribution is -2.22. The van der Waals surface area contributed by atoms with E-state index in [4.69, 9.17) is 9.47 Å². The molecular weight excluding hydrogens is 428 g/mol. The van der Waals surface area contributed by atoms with E-state index in [1.165, 1.54) is 0 Å². The second-order valence-corrected chi connectivity index (χ2v) is 7.93. The minimum Gasteiger partial charge on any atom is -0.501 e. The number of dihydropyridines is 1. The number of hydrogen-bond donors (Lipinski definition) is 1. The van der Waals surface area contributed by atoms with Gasteiger partial charge in [0.15, 0.2) is 0 Å². The van der Waals surface area contributed by atoms with E-state index in [0.29, 0.717) is 19.5 Å². The van der Waals surface area contributed by atoms with E-state index in [1.54, 1.807) is 25.1 Å². The van der Waals surface area contributed by atoms with Crippen molar-refractivity contribution in [1.82, 2.24) is 24.6 Å². The van der Waals surface area contributed by atoms with E-state index in [1.807, 2.05) is 57.0 Å². The molecule has 8 nitrogen and oxygen atoms in total. The summed E-state index contributed by atoms with van der Waals surface area (Å²) in [5.41, 5.74) is 5.14. The maximum absolute atomic E-state index is 5.61. The van der Waals surface area contributed by atoms with E-state index >= 15 is 0 Å². The summed E-state index contributed by atoms with van der Waals surface area (Å²) < 4.78 is 13.0. The highest BCUT2D eigenvalue weighted by Gasteiger charge is 2.18. The Bertz CT molecular complexity index is 1220. The van der Waals surface area contributed by atoms with Crippen LogP contribution in [0.3, 0.4) is 0 Å². The fourth-order valence-corrected chi connectivity index (χ4v) is 3.83. The third kappa shape index (κ3) is 5.46. The van der Waals surface area contributed by atoms with Gasteiger partial charge in [0.2, 0.25) is 0 Å². The van der Waals surface area contributed by atoms with Crippen molar-refractivity contribution >= 4 is 11.8 Å². The minimum atomic E-state index is 0.551. The van der Waals surface area contributed by atoms with Gasteiger partial charge < -0.3 is 19.4 Å². The van der Waals surface area contributed by atoms with Crippen LogP contribution in [0.2, 0.25) is 0 Å². The summed E-state index contributed by atoms with van der Waals surface area (Å²) in [5.74, 6) is 2.49. The van der Waals surface area contributed by atoms with Crippen LogP contribution in [0.5, 0.6) is 0 Å². The number of aromatic nitrogens is 4. The summed E-state index contributed by atoms with van der Waals surface area (Å²) in [6.45, 7) is 3.19. The molecule has 0 atom stereocenters. The molecule has 8 heteroatoms. The molecule has 0 aromatic carbocycles. The van der Waals surface area contributed by atoms with E-state index in [9.17, 15) is 0 Å². The van der Waals surface area contributed by atoms with Crippen molar-refractivity contribution in [2.45, 2.75) is 19.9 Å². The van der Waals surface area contributed by atoms with E-state index in [2.05, 4.69) is 43.2 Å². The van der Waals surface area contributed by atoms with Gasteiger partial charge in [0.25, 0.3) is 0 Å². The van der Waals surface area contributed by atoms with Crippen LogP contribution < -0.4 is 0 Å². The zero-order valence-electron chi connectivity index (χ0n) is 20.0. The fourth-order valence-electron chi connectivity index (χ4n) is 3.83. The maximum atomic E-state index is 5.61. The Labute approximate surface area is 200 Å². The molecule has 2 aliphatic rings. The summed E-state index contributed by atoms with van der Waals surface area (Å²) in [4.78, 5) is 14.5. The number of methoxy groups -OCH3 is 2. The number of allylic oxidation sites excluding steroid dienone is 6. The Hall–Kier alpha value is -4.07. The molecule has 1 aliphatic carbocycles. The summed E-state index contributed by atoms with van der Waals surface area (Å²) in [6, 6.07) is 0. The number of H-pyrrole nitrogens is 1. The molecule has 1 aliphatic heterocycles. The predicted molar refractivity (Wildman–Crippen MR) is 133 cm³/mol. The largest absolute Gasteiger partial charge is 0.501 e. The first-order chi connectivity index (χ1) is 16.6. The first-order valence-corrected chi connectivity index (χ1v) is 11.1. The second-order valence-electron chi connectivity index (χ2n) is 7.93. The van der Waals surface area contributed by atoms with Crippen LogP contribution in [0, 0.1) is 0 Å². The zero-order valence-corrected chi connectivity index (χ0v) is 20.0. The fraction of sp³-hybridized carbons (Fsp3) is 0.269. The number of hydrogen-bond acceptors (Lipinski definition) is 6. The van der Waals surface area contributed by atoms with Gasteiger partial charge in [0.1, 0.15) is 17.3 Å². The summed E-state index contributed by atoms with van der Waals surface area (Å²) in [7, 11) is 5.28. The number of aromatic amines is 1. The van der Waals surface area contributed by atoms with Crippen LogP contribution in [0.15, 0.2) is 94.7 Å². The smallest absolute Gasteiger partial charge is 0.126 e. The van der Waals surface area contributed by atoms with Crippen LogP contribution in [0.1, 0.15) is 24.7 Å². The quantitative estimate of drug-likeness (QED) is 0.638. The van der Waals surface area contributed by atoms with Gasteiger partial charge in [0.05, 0.1) is 33.5 Å². The van der Waals surface area contributed by atoms with E-state index in [-0.39, 0.29) is 0 Å². The third-order valence-corrected chi connectivity index (χ3v) is 5.60. The van der Waals surface area contributed by atoms with Crippen molar-refractivity contribution in [3.8, 4) is 0 Å². The van der Waals surface area contributed by atoms with Gasteiger partial charge >= 0.3 is 0 Å². The molecule has 0 bridgehead atoms. The molecule has 0 amide bonds. The van der Waals surface area contributed by atoms with Gasteiger partial charge in [-0.25, -0.2) is 4.98 Å². The number of aryl methyl sites for hydroxylation is 1. The molecule has 2 aromatic rings. The Kier molecular flexibility index (Phi) is 7.27. The van der Waals surface area contributed by atoms with E-state index < -0.39 is 0 Å². The Morgan fingerprint density at radius 2 is 2.12 bits per heavy atom. The lowest BCUT2D eigenvalue weighted by molar-refractivity contribution is 0.280. The summed E-state index contributed by atoms with van der Waals surface area (Å²) in [6.07, 6.45) is 22.5. The molecule has 0 saturated heterocycles. The van der Waals surface area contributed by atoms with Gasteiger partial charge in [-0.2, -0.15) is 5.10 Å². The van der Waals surface area contributed by atoms with Gasteiger partial charge in [-0.3, -0.25) is 9.67 Å². The number of imidazole rings is 1. The van der Waals surface area contributed by atoms with Crippen LogP contribution >= 0.6 is 0 Å². The second kappa shape index (κ2) is 10.7. The first kappa shape index (κ1) is 23.1. The van der Waals surface area contributed by atoms with Crippen LogP contribution in [-0.2, 0) is 23.1 Å². The molecular formula is C26H30N6O2. The zero-order chi connectivity index (χ0) is 23.9. The molecule has 3 heterocycles. The van der Waals surface area contributed by atoms with Gasteiger partial charge in [-0.1, -0.05) is 6.08 Å². The lowest BCUT2D eigenvalue weighted by Gasteiger charge is -2.27. The van der Waals surface area contributed by atoms with Gasteiger partial charge in [-0.15, -0.1) is 0 Å². The number of rotatable bonds is 8. The Balaban J connectivity index is 1.73. The third-order valence-electron chi connectivity index (χ3n) is 5.60. The predicted octanol–water partition coefficient (Wildman–Crippen LogP) is 4.29. The molecule has 34 heavy (non-hydrogen) atoms. The SMILES string of the molecule is C/C=C(\C=C1\C=C(c2cnn(C)c2)C=NC1)N(Cc1ncc[nH]1)C1=CC(OC)=CCC(OC)=C1. The molecule has 1 N–H and O–H groups in total. The first-order valence-electron chi connectivity index (χ1n) is 11.1. The molecule has 176 valence electrons. The average molecular weight is 459 g/mol. The molecule has 0 fully saturated rings. The van der Waals surface area contributed by atoms with Crippen molar-refractivity contribution in [2.75, 3.05) is 20.8 Å². The summed E-state index contributed by atoms with van der Waals surface area (Å²) >= 11 is 0. The lowest BCUT2D eigenvalue weighted by atomic mass is 10.0. The van der Waals surface area contributed by atoms with E-state index in [0.717, 1.165) is 45.4 Å². The number of ether oxygens (including phenoxy) is 2. The Morgan fingerprint density at radius 3 is 2.79 bits per heavy atom. The molecule has 0 unspecified atom stereocenters. The number of nitrogens with one attached hydrogen (secondary N) is 1. The average Bonchev–Trinajstić information content (AvgIpc) is 3.49. The normalized spacial score (nSPS) is 17.5. The molecule has 2 aromatic heterocycles. The number of aliphatic imine (C=N–C) groups is 1. The highest BCUT2D eigenvalue weighted by Crippen LogP contribution is 2.27.